The van der Waals surface area contributed by atoms with Crippen LogP contribution in [0, 0.1) is 0 Å². The normalized spacial score (nSPS) is 10.8. The molecule has 0 amide bonds. The first-order valence-electron chi connectivity index (χ1n) is 7.21. The fraction of sp³-hybridized carbons (Fsp3) is 0.176. The van der Waals surface area contributed by atoms with Crippen molar-refractivity contribution in [1.82, 2.24) is 4.98 Å². The zero-order chi connectivity index (χ0) is 17.1. The van der Waals surface area contributed by atoms with Gasteiger partial charge >= 0.3 is 5.97 Å². The molecule has 0 atom stereocenters. The van der Waals surface area contributed by atoms with Crippen LogP contribution < -0.4 is 0 Å². The summed E-state index contributed by atoms with van der Waals surface area (Å²) in [7, 11) is 0. The van der Waals surface area contributed by atoms with Gasteiger partial charge in [0.2, 0.25) is 5.89 Å². The van der Waals surface area contributed by atoms with Crippen molar-refractivity contribution < 1.29 is 18.4 Å². The van der Waals surface area contributed by atoms with Crippen LogP contribution in [0.1, 0.15) is 12.6 Å². The standard InChI is InChI=1S/C17H13Cl2NO4/c1-2-23-15(21)8-14-16(11-5-6-22-9-11)24-17(20-14)10-3-4-12(18)13(19)7-10/h3-7,9H,2,8H2,1H3. The van der Waals surface area contributed by atoms with E-state index in [1.165, 1.54) is 12.5 Å². The van der Waals surface area contributed by atoms with Crippen molar-refractivity contribution in [2.45, 2.75) is 13.3 Å². The van der Waals surface area contributed by atoms with Crippen LogP contribution >= 0.6 is 23.2 Å². The summed E-state index contributed by atoms with van der Waals surface area (Å²) < 4.78 is 15.9. The third-order valence-electron chi connectivity index (χ3n) is 3.26. The maximum atomic E-state index is 11.8. The number of furan rings is 1. The van der Waals surface area contributed by atoms with E-state index in [4.69, 9.17) is 36.8 Å². The second-order valence-electron chi connectivity index (χ2n) is 4.92. The van der Waals surface area contributed by atoms with Gasteiger partial charge in [0.25, 0.3) is 0 Å². The Morgan fingerprint density at radius 2 is 2.04 bits per heavy atom. The van der Waals surface area contributed by atoms with Gasteiger partial charge in [0, 0.05) is 5.56 Å². The summed E-state index contributed by atoms with van der Waals surface area (Å²) in [4.78, 5) is 16.2. The number of halogens is 2. The minimum absolute atomic E-state index is 0.000818. The molecule has 0 aliphatic heterocycles. The predicted octanol–water partition coefficient (Wildman–Crippen LogP) is 5.01. The van der Waals surface area contributed by atoms with E-state index in [0.717, 1.165) is 0 Å². The van der Waals surface area contributed by atoms with Gasteiger partial charge in [-0.15, -0.1) is 0 Å². The maximum Gasteiger partial charge on any atom is 0.312 e. The highest BCUT2D eigenvalue weighted by molar-refractivity contribution is 6.42. The monoisotopic (exact) mass is 365 g/mol. The van der Waals surface area contributed by atoms with Crippen LogP contribution in [0.25, 0.3) is 22.8 Å². The molecular weight excluding hydrogens is 353 g/mol. The second-order valence-corrected chi connectivity index (χ2v) is 5.73. The molecule has 0 fully saturated rings. The molecular formula is C17H13Cl2NO4. The summed E-state index contributed by atoms with van der Waals surface area (Å²) in [5, 5.41) is 0.831. The van der Waals surface area contributed by atoms with E-state index in [-0.39, 0.29) is 12.4 Å². The number of rotatable bonds is 5. The Morgan fingerprint density at radius 1 is 1.21 bits per heavy atom. The van der Waals surface area contributed by atoms with E-state index in [9.17, 15) is 4.79 Å². The number of hydrogen-bond donors (Lipinski definition) is 0. The molecule has 0 unspecified atom stereocenters. The van der Waals surface area contributed by atoms with Crippen molar-refractivity contribution in [2.75, 3.05) is 6.61 Å². The maximum absolute atomic E-state index is 11.8. The lowest BCUT2D eigenvalue weighted by atomic mass is 10.2. The number of nitrogens with zero attached hydrogens (tertiary/aromatic N) is 1. The van der Waals surface area contributed by atoms with Gasteiger partial charge in [-0.25, -0.2) is 4.98 Å². The average molecular weight is 366 g/mol. The third-order valence-corrected chi connectivity index (χ3v) is 4.00. The lowest BCUT2D eigenvalue weighted by Gasteiger charge is -1.99. The van der Waals surface area contributed by atoms with Crippen LogP contribution in [-0.2, 0) is 16.0 Å². The van der Waals surface area contributed by atoms with E-state index < -0.39 is 0 Å². The molecule has 0 bridgehead atoms. The first kappa shape index (κ1) is 16.6. The molecule has 0 saturated carbocycles. The smallest absolute Gasteiger partial charge is 0.312 e. The highest BCUT2D eigenvalue weighted by atomic mass is 35.5. The molecule has 0 radical (unpaired) electrons. The topological polar surface area (TPSA) is 65.5 Å². The van der Waals surface area contributed by atoms with Crippen LogP contribution in [0.2, 0.25) is 10.0 Å². The predicted molar refractivity (Wildman–Crippen MR) is 90.0 cm³/mol. The quantitative estimate of drug-likeness (QED) is 0.594. The van der Waals surface area contributed by atoms with Gasteiger partial charge in [0.15, 0.2) is 5.76 Å². The zero-order valence-electron chi connectivity index (χ0n) is 12.7. The summed E-state index contributed by atoms with van der Waals surface area (Å²) in [6, 6.07) is 6.79. The van der Waals surface area contributed by atoms with Crippen molar-refractivity contribution >= 4 is 29.2 Å². The molecule has 1 aromatic carbocycles. The number of benzene rings is 1. The summed E-state index contributed by atoms with van der Waals surface area (Å²) in [5.74, 6) is 0.415. The fourth-order valence-electron chi connectivity index (χ4n) is 2.19. The van der Waals surface area contributed by atoms with E-state index in [1.807, 2.05) is 0 Å². The van der Waals surface area contributed by atoms with Crippen molar-refractivity contribution in [3.05, 3.63) is 52.5 Å². The first-order chi connectivity index (χ1) is 11.6. The summed E-state index contributed by atoms with van der Waals surface area (Å²) in [5.41, 5.74) is 1.81. The Balaban J connectivity index is 2.02. The zero-order valence-corrected chi connectivity index (χ0v) is 14.2. The van der Waals surface area contributed by atoms with E-state index >= 15 is 0 Å². The molecule has 24 heavy (non-hydrogen) atoms. The molecule has 0 saturated heterocycles. The van der Waals surface area contributed by atoms with Crippen LogP contribution in [0.3, 0.4) is 0 Å². The van der Waals surface area contributed by atoms with Gasteiger partial charge in [-0.1, -0.05) is 23.2 Å². The van der Waals surface area contributed by atoms with Crippen LogP contribution in [0.4, 0.5) is 0 Å². The highest BCUT2D eigenvalue weighted by Crippen LogP contribution is 2.33. The molecule has 2 heterocycles. The molecule has 3 aromatic rings. The number of ether oxygens (including phenoxy) is 1. The number of oxazole rings is 1. The Labute approximate surface area is 148 Å². The molecule has 3 rings (SSSR count). The van der Waals surface area contributed by atoms with Gasteiger partial charge < -0.3 is 13.6 Å². The van der Waals surface area contributed by atoms with Crippen molar-refractivity contribution in [1.29, 1.82) is 0 Å². The molecule has 0 N–H and O–H groups in total. The van der Waals surface area contributed by atoms with Crippen LogP contribution in [-0.4, -0.2) is 17.6 Å². The van der Waals surface area contributed by atoms with Gasteiger partial charge in [0.1, 0.15) is 6.26 Å². The second kappa shape index (κ2) is 7.11. The summed E-state index contributed by atoms with van der Waals surface area (Å²) >= 11 is 12.0. The molecule has 2 aromatic heterocycles. The lowest BCUT2D eigenvalue weighted by Crippen LogP contribution is -2.08. The van der Waals surface area contributed by atoms with Crippen LogP contribution in [0.5, 0.6) is 0 Å². The molecule has 5 nitrogen and oxygen atoms in total. The largest absolute Gasteiger partial charge is 0.472 e. The van der Waals surface area contributed by atoms with E-state index in [0.29, 0.717) is 45.1 Å². The Bertz CT molecular complexity index is 856. The number of hydrogen-bond acceptors (Lipinski definition) is 5. The van der Waals surface area contributed by atoms with E-state index in [1.54, 1.807) is 31.2 Å². The average Bonchev–Trinajstić information content (AvgIpc) is 3.19. The lowest BCUT2D eigenvalue weighted by molar-refractivity contribution is -0.142. The molecule has 0 aliphatic carbocycles. The van der Waals surface area contributed by atoms with Crippen LogP contribution in [0.15, 0.2) is 45.6 Å². The van der Waals surface area contributed by atoms with Crippen molar-refractivity contribution in [3.8, 4) is 22.8 Å². The Morgan fingerprint density at radius 3 is 2.71 bits per heavy atom. The molecule has 7 heteroatoms. The number of carbonyl (C=O) groups excluding carboxylic acids is 1. The van der Waals surface area contributed by atoms with Gasteiger partial charge in [-0.2, -0.15) is 0 Å². The van der Waals surface area contributed by atoms with E-state index in [2.05, 4.69) is 4.98 Å². The third kappa shape index (κ3) is 3.47. The first-order valence-corrected chi connectivity index (χ1v) is 7.97. The SMILES string of the molecule is CCOC(=O)Cc1nc(-c2ccc(Cl)c(Cl)c2)oc1-c1ccoc1. The molecule has 0 spiro atoms. The molecule has 0 aliphatic rings. The fourth-order valence-corrected chi connectivity index (χ4v) is 2.49. The summed E-state index contributed by atoms with van der Waals surface area (Å²) in [6.45, 7) is 2.05. The van der Waals surface area contributed by atoms with Gasteiger partial charge in [0.05, 0.1) is 40.6 Å². The number of aromatic nitrogens is 1. The van der Waals surface area contributed by atoms with Crippen molar-refractivity contribution in [3.63, 3.8) is 0 Å². The van der Waals surface area contributed by atoms with Gasteiger partial charge in [-0.05, 0) is 31.2 Å². The number of esters is 1. The minimum Gasteiger partial charge on any atom is -0.472 e. The minimum atomic E-state index is -0.378. The van der Waals surface area contributed by atoms with Gasteiger partial charge in [-0.3, -0.25) is 4.79 Å². The number of carbonyl (C=O) groups is 1. The summed E-state index contributed by atoms with van der Waals surface area (Å²) in [6.07, 6.45) is 3.04. The Kier molecular flexibility index (Phi) is 4.92. The Hall–Kier alpha value is -2.24. The highest BCUT2D eigenvalue weighted by Gasteiger charge is 2.20. The molecule has 124 valence electrons. The van der Waals surface area contributed by atoms with Crippen molar-refractivity contribution in [2.24, 2.45) is 0 Å².